The Bertz CT molecular complexity index is 589. The number of aliphatic hydroxyl groups is 1. The van der Waals surface area contributed by atoms with Crippen molar-refractivity contribution in [2.24, 2.45) is 12.5 Å². The predicted octanol–water partition coefficient (Wildman–Crippen LogP) is 0.410. The zero-order chi connectivity index (χ0) is 15.6. The maximum atomic E-state index is 12.1. The van der Waals surface area contributed by atoms with Crippen molar-refractivity contribution < 1.29 is 23.4 Å². The van der Waals surface area contributed by atoms with E-state index in [1.54, 1.807) is 0 Å². The number of aliphatic hydroxyl groups excluding tert-OH is 1. The fourth-order valence-corrected chi connectivity index (χ4v) is 2.97. The number of aryl methyl sites for hydroxylation is 1. The van der Waals surface area contributed by atoms with Gasteiger partial charge in [-0.1, -0.05) is 13.8 Å². The topological polar surface area (TPSA) is 109 Å². The minimum atomic E-state index is -3.76. The quantitative estimate of drug-likeness (QED) is 0.676. The molecule has 0 fully saturated rings. The highest BCUT2D eigenvalue weighted by Crippen LogP contribution is 2.20. The van der Waals surface area contributed by atoms with E-state index in [4.69, 9.17) is 10.2 Å². The van der Waals surface area contributed by atoms with Crippen LogP contribution in [0.15, 0.2) is 17.2 Å². The summed E-state index contributed by atoms with van der Waals surface area (Å²) in [5.41, 5.74) is -0.480. The van der Waals surface area contributed by atoms with Gasteiger partial charge in [-0.2, -0.15) is 0 Å². The SMILES string of the molecule is Cn1cc(S(=O)(=O)NCC(C)(C)CCO)cc1C(=O)O. The Labute approximate surface area is 118 Å². The Morgan fingerprint density at radius 1 is 1.45 bits per heavy atom. The molecule has 1 aromatic rings. The number of aromatic nitrogens is 1. The van der Waals surface area contributed by atoms with E-state index in [1.165, 1.54) is 17.8 Å². The number of hydrogen-bond acceptors (Lipinski definition) is 4. The van der Waals surface area contributed by atoms with E-state index in [2.05, 4.69) is 4.72 Å². The van der Waals surface area contributed by atoms with Crippen molar-refractivity contribution in [3.63, 3.8) is 0 Å². The summed E-state index contributed by atoms with van der Waals surface area (Å²) in [5, 5.41) is 17.8. The van der Waals surface area contributed by atoms with Gasteiger partial charge in [0.25, 0.3) is 0 Å². The largest absolute Gasteiger partial charge is 0.477 e. The Kier molecular flexibility index (Phi) is 4.95. The number of hydrogen-bond donors (Lipinski definition) is 3. The molecule has 0 radical (unpaired) electrons. The van der Waals surface area contributed by atoms with E-state index in [0.29, 0.717) is 6.42 Å². The molecule has 1 rings (SSSR count). The molecule has 7 nitrogen and oxygen atoms in total. The Morgan fingerprint density at radius 2 is 2.05 bits per heavy atom. The summed E-state index contributed by atoms with van der Waals surface area (Å²) in [6.45, 7) is 3.80. The van der Waals surface area contributed by atoms with Crippen molar-refractivity contribution in [3.8, 4) is 0 Å². The Morgan fingerprint density at radius 3 is 2.50 bits per heavy atom. The van der Waals surface area contributed by atoms with Crippen LogP contribution in [-0.2, 0) is 17.1 Å². The van der Waals surface area contributed by atoms with Gasteiger partial charge in [0.15, 0.2) is 0 Å². The van der Waals surface area contributed by atoms with E-state index in [1.807, 2.05) is 13.8 Å². The van der Waals surface area contributed by atoms with E-state index in [0.717, 1.165) is 6.07 Å². The number of carbonyl (C=O) groups is 1. The van der Waals surface area contributed by atoms with Crippen molar-refractivity contribution in [1.29, 1.82) is 0 Å². The maximum absolute atomic E-state index is 12.1. The lowest BCUT2D eigenvalue weighted by Crippen LogP contribution is -2.34. The first-order valence-corrected chi connectivity index (χ1v) is 7.57. The average Bonchev–Trinajstić information content (AvgIpc) is 2.70. The molecule has 3 N–H and O–H groups in total. The number of carboxylic acids is 1. The van der Waals surface area contributed by atoms with Gasteiger partial charge in [0, 0.05) is 26.4 Å². The number of nitrogens with zero attached hydrogens (tertiary/aromatic N) is 1. The van der Waals surface area contributed by atoms with Crippen molar-refractivity contribution in [2.75, 3.05) is 13.2 Å². The van der Waals surface area contributed by atoms with Gasteiger partial charge in [-0.3, -0.25) is 0 Å². The third kappa shape index (κ3) is 4.06. The molecule has 0 spiro atoms. The molecule has 8 heteroatoms. The van der Waals surface area contributed by atoms with Gasteiger partial charge in [-0.15, -0.1) is 0 Å². The highest BCUT2D eigenvalue weighted by molar-refractivity contribution is 7.89. The summed E-state index contributed by atoms with van der Waals surface area (Å²) in [5.74, 6) is -1.19. The first-order chi connectivity index (χ1) is 9.09. The van der Waals surface area contributed by atoms with Crippen LogP contribution in [0.1, 0.15) is 30.8 Å². The third-order valence-electron chi connectivity index (χ3n) is 3.04. The summed E-state index contributed by atoms with van der Waals surface area (Å²) in [4.78, 5) is 10.8. The Hall–Kier alpha value is -1.38. The number of carboxylic acid groups (broad SMARTS) is 1. The van der Waals surface area contributed by atoms with Crippen LogP contribution in [0, 0.1) is 5.41 Å². The van der Waals surface area contributed by atoms with Gasteiger partial charge in [0.2, 0.25) is 10.0 Å². The Balaban J connectivity index is 2.90. The van der Waals surface area contributed by atoms with E-state index < -0.39 is 16.0 Å². The van der Waals surface area contributed by atoms with Crippen LogP contribution in [0.3, 0.4) is 0 Å². The van der Waals surface area contributed by atoms with Gasteiger partial charge < -0.3 is 14.8 Å². The average molecular weight is 304 g/mol. The van der Waals surface area contributed by atoms with Crippen molar-refractivity contribution >= 4 is 16.0 Å². The van der Waals surface area contributed by atoms with E-state index in [9.17, 15) is 13.2 Å². The minimum Gasteiger partial charge on any atom is -0.477 e. The first-order valence-electron chi connectivity index (χ1n) is 6.09. The molecule has 1 heterocycles. The van der Waals surface area contributed by atoms with Crippen molar-refractivity contribution in [2.45, 2.75) is 25.2 Å². The molecule has 0 aliphatic heterocycles. The molecule has 0 bridgehead atoms. The smallest absolute Gasteiger partial charge is 0.352 e. The van der Waals surface area contributed by atoms with Crippen LogP contribution in [-0.4, -0.2) is 42.3 Å². The van der Waals surface area contributed by atoms with Crippen molar-refractivity contribution in [3.05, 3.63) is 18.0 Å². The summed E-state index contributed by atoms with van der Waals surface area (Å²) in [7, 11) is -2.29. The third-order valence-corrected chi connectivity index (χ3v) is 4.41. The molecule has 114 valence electrons. The molecule has 0 unspecified atom stereocenters. The summed E-state index contributed by atoms with van der Waals surface area (Å²) < 4.78 is 27.9. The molecular formula is C12H20N2O5S. The van der Waals surface area contributed by atoms with Crippen molar-refractivity contribution in [1.82, 2.24) is 9.29 Å². The molecule has 0 aliphatic rings. The normalized spacial score (nSPS) is 12.6. The predicted molar refractivity (Wildman–Crippen MR) is 73.0 cm³/mol. The van der Waals surface area contributed by atoms with Crippen LogP contribution < -0.4 is 4.72 Å². The number of sulfonamides is 1. The van der Waals surface area contributed by atoms with Gasteiger partial charge in [-0.05, 0) is 17.9 Å². The number of aromatic carboxylic acids is 1. The minimum absolute atomic E-state index is 0.0246. The fraction of sp³-hybridized carbons (Fsp3) is 0.583. The first kappa shape index (κ1) is 16.7. The lowest BCUT2D eigenvalue weighted by molar-refractivity contribution is 0.0686. The van der Waals surface area contributed by atoms with Crippen LogP contribution in [0.4, 0.5) is 0 Å². The molecule has 0 saturated heterocycles. The lowest BCUT2D eigenvalue weighted by Gasteiger charge is -2.23. The number of rotatable bonds is 7. The van der Waals surface area contributed by atoms with Crippen LogP contribution in [0.25, 0.3) is 0 Å². The highest BCUT2D eigenvalue weighted by Gasteiger charge is 2.24. The second kappa shape index (κ2) is 5.94. The molecule has 0 aromatic carbocycles. The fourth-order valence-electron chi connectivity index (χ4n) is 1.66. The highest BCUT2D eigenvalue weighted by atomic mass is 32.2. The van der Waals surface area contributed by atoms with Gasteiger partial charge in [-0.25, -0.2) is 17.9 Å². The lowest BCUT2D eigenvalue weighted by atomic mass is 9.90. The van der Waals surface area contributed by atoms with Crippen LogP contribution in [0.2, 0.25) is 0 Å². The summed E-state index contributed by atoms with van der Waals surface area (Å²) >= 11 is 0. The second-order valence-corrected chi connectivity index (χ2v) is 7.21. The molecule has 0 saturated carbocycles. The van der Waals surface area contributed by atoms with Gasteiger partial charge in [0.05, 0.1) is 0 Å². The molecular weight excluding hydrogens is 284 g/mol. The zero-order valence-electron chi connectivity index (χ0n) is 11.8. The monoisotopic (exact) mass is 304 g/mol. The summed E-state index contributed by atoms with van der Waals surface area (Å²) in [6, 6.07) is 1.11. The molecule has 0 amide bonds. The van der Waals surface area contributed by atoms with Crippen LogP contribution in [0.5, 0.6) is 0 Å². The van der Waals surface area contributed by atoms with E-state index in [-0.39, 0.29) is 29.2 Å². The maximum Gasteiger partial charge on any atom is 0.352 e. The van der Waals surface area contributed by atoms with E-state index >= 15 is 0 Å². The molecule has 1 aromatic heterocycles. The van der Waals surface area contributed by atoms with Crippen LogP contribution >= 0.6 is 0 Å². The van der Waals surface area contributed by atoms with Gasteiger partial charge in [0.1, 0.15) is 10.6 Å². The molecule has 0 atom stereocenters. The molecule has 20 heavy (non-hydrogen) atoms. The number of nitrogens with one attached hydrogen (secondary N) is 1. The van der Waals surface area contributed by atoms with Gasteiger partial charge >= 0.3 is 5.97 Å². The summed E-state index contributed by atoms with van der Waals surface area (Å²) in [6.07, 6.45) is 1.72. The molecule has 0 aliphatic carbocycles. The second-order valence-electron chi connectivity index (χ2n) is 5.44. The zero-order valence-corrected chi connectivity index (χ0v) is 12.6. The standard InChI is InChI=1S/C12H20N2O5S/c1-12(2,4-5-15)8-13-20(18,19)9-6-10(11(16)17)14(3)7-9/h6-7,13,15H,4-5,8H2,1-3H3,(H,16,17).